The smallest absolute Gasteiger partial charge is 0.253 e. The lowest BCUT2D eigenvalue weighted by atomic mass is 9.94. The molecule has 1 aliphatic heterocycles. The van der Waals surface area contributed by atoms with Crippen LogP contribution in [0.1, 0.15) is 37.6 Å². The molecule has 1 saturated heterocycles. The average molecular weight is 357 g/mol. The predicted octanol–water partition coefficient (Wildman–Crippen LogP) is 3.71. The number of hydrogen-bond donors (Lipinski definition) is 0. The number of halogens is 2. The maximum absolute atomic E-state index is 12.6. The molecule has 0 spiro atoms. The minimum Gasteiger partial charge on any atom is -0.340 e. The van der Waals surface area contributed by atoms with E-state index < -0.39 is 5.41 Å². The zero-order valence-electron chi connectivity index (χ0n) is 13.7. The average Bonchev–Trinajstić information content (AvgIpc) is 2.73. The van der Waals surface area contributed by atoms with Crippen molar-refractivity contribution in [2.45, 2.75) is 27.2 Å². The summed E-state index contributed by atoms with van der Waals surface area (Å²) in [7, 11) is 0. The van der Waals surface area contributed by atoms with Crippen LogP contribution in [0.5, 0.6) is 0 Å². The molecule has 0 bridgehead atoms. The number of nitrogens with zero attached hydrogens (tertiary/aromatic N) is 2. The summed E-state index contributed by atoms with van der Waals surface area (Å²) in [4.78, 5) is 28.6. The van der Waals surface area contributed by atoms with Gasteiger partial charge in [0, 0.05) is 37.2 Å². The Kier molecular flexibility index (Phi) is 5.58. The number of rotatable bonds is 1. The van der Waals surface area contributed by atoms with Crippen LogP contribution >= 0.6 is 23.2 Å². The molecule has 1 heterocycles. The van der Waals surface area contributed by atoms with Gasteiger partial charge in [0.2, 0.25) is 5.91 Å². The second kappa shape index (κ2) is 7.10. The summed E-state index contributed by atoms with van der Waals surface area (Å²) in [6.07, 6.45) is 0.773. The second-order valence-electron chi connectivity index (χ2n) is 6.82. The molecule has 1 fully saturated rings. The van der Waals surface area contributed by atoms with E-state index in [1.54, 1.807) is 23.1 Å². The van der Waals surface area contributed by atoms with E-state index in [2.05, 4.69) is 0 Å². The number of amides is 2. The molecule has 2 rings (SSSR count). The van der Waals surface area contributed by atoms with Gasteiger partial charge in [-0.1, -0.05) is 44.0 Å². The Morgan fingerprint density at radius 3 is 2.17 bits per heavy atom. The van der Waals surface area contributed by atoms with Crippen molar-refractivity contribution in [3.63, 3.8) is 0 Å². The highest BCUT2D eigenvalue weighted by Gasteiger charge is 2.29. The van der Waals surface area contributed by atoms with Crippen LogP contribution in [0, 0.1) is 5.41 Å². The zero-order chi connectivity index (χ0) is 17.2. The Morgan fingerprint density at radius 1 is 0.957 bits per heavy atom. The topological polar surface area (TPSA) is 40.6 Å². The number of hydrogen-bond acceptors (Lipinski definition) is 2. The fraction of sp³-hybridized carbons (Fsp3) is 0.529. The van der Waals surface area contributed by atoms with Gasteiger partial charge in [-0.2, -0.15) is 0 Å². The summed E-state index contributed by atoms with van der Waals surface area (Å²) >= 11 is 11.9. The van der Waals surface area contributed by atoms with Crippen molar-refractivity contribution < 1.29 is 9.59 Å². The molecule has 0 N–H and O–H groups in total. The van der Waals surface area contributed by atoms with E-state index >= 15 is 0 Å². The van der Waals surface area contributed by atoms with Gasteiger partial charge >= 0.3 is 0 Å². The SMILES string of the molecule is CC(C)(C)C(=O)N1CCCN(C(=O)c2ccc(Cl)c(Cl)c2)CC1. The minimum atomic E-state index is -0.400. The molecule has 0 radical (unpaired) electrons. The molecule has 23 heavy (non-hydrogen) atoms. The standard InChI is InChI=1S/C17H22Cl2N2O2/c1-17(2,3)16(23)21-8-4-7-20(9-10-21)15(22)12-5-6-13(18)14(19)11-12/h5-6,11H,4,7-10H2,1-3H3. The van der Waals surface area contributed by atoms with Gasteiger partial charge in [-0.25, -0.2) is 0 Å². The molecule has 1 aromatic carbocycles. The van der Waals surface area contributed by atoms with Crippen LogP contribution in [0.4, 0.5) is 0 Å². The van der Waals surface area contributed by atoms with Gasteiger partial charge in [-0.15, -0.1) is 0 Å². The van der Waals surface area contributed by atoms with E-state index in [-0.39, 0.29) is 11.8 Å². The number of benzene rings is 1. The zero-order valence-corrected chi connectivity index (χ0v) is 15.2. The van der Waals surface area contributed by atoms with Crippen molar-refractivity contribution in [2.75, 3.05) is 26.2 Å². The largest absolute Gasteiger partial charge is 0.340 e. The van der Waals surface area contributed by atoms with Crippen molar-refractivity contribution in [1.29, 1.82) is 0 Å². The summed E-state index contributed by atoms with van der Waals surface area (Å²) in [5, 5.41) is 0.804. The Balaban J connectivity index is 2.06. The highest BCUT2D eigenvalue weighted by Crippen LogP contribution is 2.24. The molecule has 0 unspecified atom stereocenters. The molecule has 4 nitrogen and oxygen atoms in total. The molecule has 126 valence electrons. The van der Waals surface area contributed by atoms with Crippen LogP contribution < -0.4 is 0 Å². The van der Waals surface area contributed by atoms with E-state index in [1.807, 2.05) is 25.7 Å². The van der Waals surface area contributed by atoms with Crippen LogP contribution in [0.25, 0.3) is 0 Å². The molecule has 0 aliphatic carbocycles. The van der Waals surface area contributed by atoms with Gasteiger partial charge in [0.15, 0.2) is 0 Å². The van der Waals surface area contributed by atoms with E-state index in [1.165, 1.54) is 0 Å². The first-order valence-electron chi connectivity index (χ1n) is 7.74. The maximum Gasteiger partial charge on any atom is 0.253 e. The van der Waals surface area contributed by atoms with E-state index in [0.717, 1.165) is 6.42 Å². The Labute approximate surface area is 147 Å². The molecule has 2 amide bonds. The molecule has 0 atom stereocenters. The first kappa shape index (κ1) is 18.1. The van der Waals surface area contributed by atoms with Crippen molar-refractivity contribution in [3.05, 3.63) is 33.8 Å². The number of carbonyl (C=O) groups is 2. The molecular weight excluding hydrogens is 335 g/mol. The third kappa shape index (κ3) is 4.39. The van der Waals surface area contributed by atoms with Crippen molar-refractivity contribution in [1.82, 2.24) is 9.80 Å². The summed E-state index contributed by atoms with van der Waals surface area (Å²) < 4.78 is 0. The normalized spacial score (nSPS) is 16.2. The molecule has 0 aromatic heterocycles. The van der Waals surface area contributed by atoms with E-state index in [0.29, 0.717) is 41.8 Å². The fourth-order valence-corrected chi connectivity index (χ4v) is 2.91. The van der Waals surface area contributed by atoms with Gasteiger partial charge in [-0.05, 0) is 24.6 Å². The van der Waals surface area contributed by atoms with Crippen LogP contribution in [-0.4, -0.2) is 47.8 Å². The lowest BCUT2D eigenvalue weighted by Gasteiger charge is -2.28. The van der Waals surface area contributed by atoms with Crippen LogP contribution in [-0.2, 0) is 4.79 Å². The predicted molar refractivity (Wildman–Crippen MR) is 93.0 cm³/mol. The monoisotopic (exact) mass is 356 g/mol. The molecule has 0 saturated carbocycles. The molecule has 1 aromatic rings. The van der Waals surface area contributed by atoms with Gasteiger partial charge in [0.1, 0.15) is 0 Å². The summed E-state index contributed by atoms with van der Waals surface area (Å²) in [6.45, 7) is 8.15. The number of carbonyl (C=O) groups excluding carboxylic acids is 2. The molecule has 1 aliphatic rings. The van der Waals surface area contributed by atoms with E-state index in [9.17, 15) is 9.59 Å². The lowest BCUT2D eigenvalue weighted by molar-refractivity contribution is -0.139. The first-order valence-corrected chi connectivity index (χ1v) is 8.49. The third-order valence-corrected chi connectivity index (χ3v) is 4.62. The van der Waals surface area contributed by atoms with Crippen LogP contribution in [0.3, 0.4) is 0 Å². The fourth-order valence-electron chi connectivity index (χ4n) is 2.61. The van der Waals surface area contributed by atoms with Gasteiger partial charge in [0.25, 0.3) is 5.91 Å². The maximum atomic E-state index is 12.6. The van der Waals surface area contributed by atoms with Crippen molar-refractivity contribution in [3.8, 4) is 0 Å². The minimum absolute atomic E-state index is 0.0753. The van der Waals surface area contributed by atoms with Crippen molar-refractivity contribution >= 4 is 35.0 Å². The quantitative estimate of drug-likeness (QED) is 0.769. The van der Waals surface area contributed by atoms with Crippen molar-refractivity contribution in [2.24, 2.45) is 5.41 Å². The third-order valence-electron chi connectivity index (χ3n) is 3.88. The summed E-state index contributed by atoms with van der Waals surface area (Å²) in [5.74, 6) is 0.0509. The van der Waals surface area contributed by atoms with Gasteiger partial charge in [0.05, 0.1) is 10.0 Å². The van der Waals surface area contributed by atoms with Crippen LogP contribution in [0.2, 0.25) is 10.0 Å². The highest BCUT2D eigenvalue weighted by molar-refractivity contribution is 6.42. The van der Waals surface area contributed by atoms with Gasteiger partial charge < -0.3 is 9.80 Å². The summed E-state index contributed by atoms with van der Waals surface area (Å²) in [6, 6.07) is 4.90. The van der Waals surface area contributed by atoms with Crippen LogP contribution in [0.15, 0.2) is 18.2 Å². The molecular formula is C17H22Cl2N2O2. The second-order valence-corrected chi connectivity index (χ2v) is 7.63. The first-order chi connectivity index (χ1) is 10.7. The van der Waals surface area contributed by atoms with E-state index in [4.69, 9.17) is 23.2 Å². The molecule has 6 heteroatoms. The Bertz CT molecular complexity index is 611. The van der Waals surface area contributed by atoms with Gasteiger partial charge in [-0.3, -0.25) is 9.59 Å². The summed E-state index contributed by atoms with van der Waals surface area (Å²) in [5.41, 5.74) is 0.123. The Morgan fingerprint density at radius 2 is 1.57 bits per heavy atom. The Hall–Kier alpha value is -1.26. The highest BCUT2D eigenvalue weighted by atomic mass is 35.5. The lowest BCUT2D eigenvalue weighted by Crippen LogP contribution is -2.42.